The van der Waals surface area contributed by atoms with E-state index in [1.54, 1.807) is 19.1 Å². The molecule has 4 aromatic rings. The molecule has 0 bridgehead atoms. The summed E-state index contributed by atoms with van der Waals surface area (Å²) in [5.74, 6) is -0.895. The van der Waals surface area contributed by atoms with E-state index in [4.69, 9.17) is 0 Å². The number of hydrogen-bond acceptors (Lipinski definition) is 8. The highest BCUT2D eigenvalue weighted by molar-refractivity contribution is 7.10. The van der Waals surface area contributed by atoms with Crippen molar-refractivity contribution in [3.05, 3.63) is 118 Å². The molecular formula is C25H18N4O5S2. The lowest BCUT2D eigenvalue weighted by Crippen LogP contribution is -2.40. The van der Waals surface area contributed by atoms with Crippen LogP contribution in [0.3, 0.4) is 0 Å². The van der Waals surface area contributed by atoms with Crippen LogP contribution >= 0.6 is 22.7 Å². The summed E-state index contributed by atoms with van der Waals surface area (Å²) in [6.07, 6.45) is 1.40. The Bertz CT molecular complexity index is 1700. The third kappa shape index (κ3) is 4.14. The monoisotopic (exact) mass is 518 g/mol. The van der Waals surface area contributed by atoms with E-state index >= 15 is 0 Å². The normalized spacial score (nSPS) is 15.4. The Hall–Kier alpha value is -4.35. The lowest BCUT2D eigenvalue weighted by atomic mass is 10.0. The SMILES string of the molecule is CC1=C(C(=O)Nc2ccccc2)[C@@H](c2cccs2)n2c(s/c(=C/c3cccc([N+](=O)[O-])c3O)c2=O)=N1. The second-order valence-electron chi connectivity index (χ2n) is 7.89. The number of aromatic hydroxyl groups is 1. The van der Waals surface area contributed by atoms with E-state index in [0.29, 0.717) is 21.8 Å². The van der Waals surface area contributed by atoms with Crippen molar-refractivity contribution in [2.75, 3.05) is 5.32 Å². The van der Waals surface area contributed by atoms with Crippen LogP contribution in [0.15, 0.2) is 87.1 Å². The third-order valence-electron chi connectivity index (χ3n) is 5.64. The molecule has 0 saturated carbocycles. The number of rotatable bonds is 5. The van der Waals surface area contributed by atoms with Gasteiger partial charge in [0.15, 0.2) is 4.80 Å². The van der Waals surface area contributed by atoms with Gasteiger partial charge >= 0.3 is 5.69 Å². The molecule has 9 nitrogen and oxygen atoms in total. The standard InChI is InChI=1S/C25H18N4O5S2/c1-14-20(23(31)27-16-8-3-2-4-9-16)21(18-11-6-12-35-18)28-24(32)19(36-25(28)26-14)13-15-7-5-10-17(22(15)30)29(33)34/h2-13,21,30H,1H3,(H,27,31)/b19-13+/t21-/m1/s1. The number of allylic oxidation sites excluding steroid dienone is 1. The van der Waals surface area contributed by atoms with Crippen molar-refractivity contribution in [1.82, 2.24) is 4.57 Å². The van der Waals surface area contributed by atoms with Crippen LogP contribution in [0.5, 0.6) is 5.75 Å². The molecule has 0 aliphatic carbocycles. The Morgan fingerprint density at radius 1 is 1.17 bits per heavy atom. The molecule has 2 aromatic carbocycles. The highest BCUT2D eigenvalue weighted by atomic mass is 32.1. The van der Waals surface area contributed by atoms with Crippen LogP contribution in [0.1, 0.15) is 23.4 Å². The highest BCUT2D eigenvalue weighted by Crippen LogP contribution is 2.33. The number of para-hydroxylation sites is 2. The smallest absolute Gasteiger partial charge is 0.311 e. The van der Waals surface area contributed by atoms with Gasteiger partial charge in [0, 0.05) is 22.2 Å². The first-order valence-corrected chi connectivity index (χ1v) is 12.4. The zero-order chi connectivity index (χ0) is 25.4. The molecular weight excluding hydrogens is 500 g/mol. The van der Waals surface area contributed by atoms with Gasteiger partial charge in [-0.1, -0.05) is 47.7 Å². The molecule has 0 saturated heterocycles. The zero-order valence-corrected chi connectivity index (χ0v) is 20.4. The summed E-state index contributed by atoms with van der Waals surface area (Å²) in [5, 5.41) is 26.3. The minimum atomic E-state index is -0.703. The number of nitrogens with zero attached hydrogens (tertiary/aromatic N) is 3. The average Bonchev–Trinajstić information content (AvgIpc) is 3.48. The fourth-order valence-corrected chi connectivity index (χ4v) is 5.86. The van der Waals surface area contributed by atoms with Crippen LogP contribution in [-0.4, -0.2) is 20.5 Å². The van der Waals surface area contributed by atoms with E-state index in [2.05, 4.69) is 10.3 Å². The van der Waals surface area contributed by atoms with Gasteiger partial charge in [-0.05, 0) is 36.6 Å². The molecule has 2 aromatic heterocycles. The number of nitro groups is 1. The van der Waals surface area contributed by atoms with E-state index in [0.717, 1.165) is 16.2 Å². The number of hydrogen-bond donors (Lipinski definition) is 2. The molecule has 5 rings (SSSR count). The van der Waals surface area contributed by atoms with Crippen LogP contribution in [-0.2, 0) is 4.79 Å². The number of carbonyl (C=O) groups excluding carboxylic acids is 1. The number of fused-ring (bicyclic) bond motifs is 1. The number of phenolic OH excluding ortho intramolecular Hbond substituents is 1. The largest absolute Gasteiger partial charge is 0.502 e. The van der Waals surface area contributed by atoms with Crippen molar-refractivity contribution >= 4 is 46.0 Å². The van der Waals surface area contributed by atoms with Crippen molar-refractivity contribution in [2.24, 2.45) is 4.99 Å². The Balaban J connectivity index is 1.66. The molecule has 2 N–H and O–H groups in total. The Morgan fingerprint density at radius 2 is 1.94 bits per heavy atom. The van der Waals surface area contributed by atoms with E-state index < -0.39 is 28.0 Å². The summed E-state index contributed by atoms with van der Waals surface area (Å²) < 4.78 is 1.69. The van der Waals surface area contributed by atoms with Crippen molar-refractivity contribution in [3.8, 4) is 5.75 Å². The summed E-state index contributed by atoms with van der Waals surface area (Å²) in [5.41, 5.74) is 0.710. The van der Waals surface area contributed by atoms with Crippen molar-refractivity contribution < 1.29 is 14.8 Å². The van der Waals surface area contributed by atoms with Crippen LogP contribution in [0, 0.1) is 10.1 Å². The summed E-state index contributed by atoms with van der Waals surface area (Å²) in [4.78, 5) is 43.3. The maximum Gasteiger partial charge on any atom is 0.311 e. The van der Waals surface area contributed by atoms with Gasteiger partial charge in [0.2, 0.25) is 5.75 Å². The molecule has 0 spiro atoms. The molecule has 1 aliphatic rings. The summed E-state index contributed by atoms with van der Waals surface area (Å²) in [6.45, 7) is 1.73. The molecule has 0 fully saturated rings. The molecule has 1 aliphatic heterocycles. The van der Waals surface area contributed by atoms with Gasteiger partial charge in [0.25, 0.3) is 11.5 Å². The number of anilines is 1. The fourth-order valence-electron chi connectivity index (χ4n) is 4.00. The van der Waals surface area contributed by atoms with Gasteiger partial charge in [-0.25, -0.2) is 4.99 Å². The third-order valence-corrected chi connectivity index (χ3v) is 7.55. The van der Waals surface area contributed by atoms with Gasteiger partial charge < -0.3 is 10.4 Å². The fraction of sp³-hybridized carbons (Fsp3) is 0.0800. The van der Waals surface area contributed by atoms with E-state index in [-0.39, 0.29) is 16.0 Å². The number of nitro benzene ring substituents is 1. The molecule has 3 heterocycles. The first-order chi connectivity index (χ1) is 17.3. The van der Waals surface area contributed by atoms with E-state index in [1.807, 2.05) is 35.7 Å². The molecule has 0 unspecified atom stereocenters. The lowest BCUT2D eigenvalue weighted by Gasteiger charge is -2.24. The number of benzene rings is 2. The predicted molar refractivity (Wildman–Crippen MR) is 138 cm³/mol. The van der Waals surface area contributed by atoms with Gasteiger partial charge in [0.05, 0.1) is 20.7 Å². The van der Waals surface area contributed by atoms with E-state index in [1.165, 1.54) is 40.2 Å². The van der Waals surface area contributed by atoms with Crippen LogP contribution in [0.2, 0.25) is 0 Å². The number of thiophene rings is 1. The molecule has 11 heteroatoms. The molecule has 36 heavy (non-hydrogen) atoms. The van der Waals surface area contributed by atoms with Gasteiger partial charge in [-0.15, -0.1) is 11.3 Å². The molecule has 180 valence electrons. The Labute approximate surface area is 211 Å². The minimum absolute atomic E-state index is 0.139. The highest BCUT2D eigenvalue weighted by Gasteiger charge is 2.33. The topological polar surface area (TPSA) is 127 Å². The quantitative estimate of drug-likeness (QED) is 0.309. The summed E-state index contributed by atoms with van der Waals surface area (Å²) in [6, 6.07) is 16.1. The Kier molecular flexibility index (Phi) is 6.08. The number of aromatic nitrogens is 1. The zero-order valence-electron chi connectivity index (χ0n) is 18.7. The molecule has 1 atom stereocenters. The first-order valence-electron chi connectivity index (χ1n) is 10.7. The minimum Gasteiger partial charge on any atom is -0.502 e. The number of amides is 1. The van der Waals surface area contributed by atoms with Crippen molar-refractivity contribution in [2.45, 2.75) is 13.0 Å². The average molecular weight is 519 g/mol. The number of nitrogens with one attached hydrogen (secondary N) is 1. The number of phenols is 1. The molecule has 1 amide bonds. The lowest BCUT2D eigenvalue weighted by molar-refractivity contribution is -0.385. The van der Waals surface area contributed by atoms with Gasteiger partial charge in [-0.2, -0.15) is 0 Å². The Morgan fingerprint density at radius 3 is 2.64 bits per heavy atom. The van der Waals surface area contributed by atoms with Crippen LogP contribution in [0.25, 0.3) is 6.08 Å². The van der Waals surface area contributed by atoms with Crippen LogP contribution in [0.4, 0.5) is 11.4 Å². The maximum atomic E-state index is 13.6. The predicted octanol–water partition coefficient (Wildman–Crippen LogP) is 3.55. The number of thiazole rings is 1. The second kappa shape index (κ2) is 9.36. The first kappa shape index (κ1) is 23.4. The molecule has 0 radical (unpaired) electrons. The summed E-state index contributed by atoms with van der Waals surface area (Å²) in [7, 11) is 0. The van der Waals surface area contributed by atoms with Crippen molar-refractivity contribution in [1.29, 1.82) is 0 Å². The summed E-state index contributed by atoms with van der Waals surface area (Å²) >= 11 is 2.50. The second-order valence-corrected chi connectivity index (χ2v) is 9.88. The van der Waals surface area contributed by atoms with Crippen LogP contribution < -0.4 is 20.2 Å². The van der Waals surface area contributed by atoms with Gasteiger partial charge in [0.1, 0.15) is 6.04 Å². The van der Waals surface area contributed by atoms with E-state index in [9.17, 15) is 24.8 Å². The van der Waals surface area contributed by atoms with Gasteiger partial charge in [-0.3, -0.25) is 24.3 Å². The van der Waals surface area contributed by atoms with Crippen molar-refractivity contribution in [3.63, 3.8) is 0 Å². The maximum absolute atomic E-state index is 13.6. The number of carbonyl (C=O) groups is 1.